The molecule has 88 valence electrons. The van der Waals surface area contributed by atoms with Crippen LogP contribution in [-0.2, 0) is 13.1 Å². The molecule has 1 aromatic rings. The highest BCUT2D eigenvalue weighted by Crippen LogP contribution is 2.24. The molecule has 3 N–H and O–H groups in total. The molecule has 0 aliphatic rings. The topological polar surface area (TPSA) is 58.4 Å². The standard InChI is InChI=1S/C6H8F4N4.ClH/c7-5(8)6(9,10)3-14-2-4(1-11)12-13-14;/h2,5H,1,3,11H2;1H. The Bertz CT molecular complexity index is 303. The number of hydrogen-bond donors (Lipinski definition) is 1. The fourth-order valence-electron chi connectivity index (χ4n) is 0.815. The largest absolute Gasteiger partial charge is 1.00 e. The number of hydrogen-bond acceptors (Lipinski definition) is 2. The Labute approximate surface area is 88.8 Å². The lowest BCUT2D eigenvalue weighted by Crippen LogP contribution is -3.00. The number of quaternary nitrogens is 1. The molecule has 0 spiro atoms. The predicted octanol–water partition coefficient (Wildman–Crippen LogP) is -3.08. The second-order valence-electron chi connectivity index (χ2n) is 2.72. The summed E-state index contributed by atoms with van der Waals surface area (Å²) in [6, 6.07) is 0. The van der Waals surface area contributed by atoms with Gasteiger partial charge in [-0.05, 0) is 0 Å². The van der Waals surface area contributed by atoms with Crippen LogP contribution in [0.3, 0.4) is 0 Å². The highest BCUT2D eigenvalue weighted by atomic mass is 35.5. The second-order valence-corrected chi connectivity index (χ2v) is 2.72. The van der Waals surface area contributed by atoms with Crippen LogP contribution in [-0.4, -0.2) is 27.3 Å². The average molecular weight is 249 g/mol. The van der Waals surface area contributed by atoms with Crippen LogP contribution in [0, 0.1) is 0 Å². The van der Waals surface area contributed by atoms with Crippen molar-refractivity contribution in [2.24, 2.45) is 0 Å². The van der Waals surface area contributed by atoms with Gasteiger partial charge < -0.3 is 18.1 Å². The molecule has 0 aliphatic carbocycles. The Balaban J connectivity index is 0.00000196. The van der Waals surface area contributed by atoms with Crippen molar-refractivity contribution in [2.45, 2.75) is 25.4 Å². The summed E-state index contributed by atoms with van der Waals surface area (Å²) >= 11 is 0. The van der Waals surface area contributed by atoms with Crippen LogP contribution in [0.2, 0.25) is 0 Å². The van der Waals surface area contributed by atoms with Crippen LogP contribution in [0.25, 0.3) is 0 Å². The lowest BCUT2D eigenvalue weighted by molar-refractivity contribution is -0.387. The van der Waals surface area contributed by atoms with E-state index in [1.54, 1.807) is 0 Å². The monoisotopic (exact) mass is 248 g/mol. The van der Waals surface area contributed by atoms with E-state index in [4.69, 9.17) is 0 Å². The Morgan fingerprint density at radius 1 is 1.47 bits per heavy atom. The molecular formula is C6H9ClF4N4. The maximum absolute atomic E-state index is 12.5. The van der Waals surface area contributed by atoms with Crippen molar-refractivity contribution in [1.82, 2.24) is 15.0 Å². The zero-order chi connectivity index (χ0) is 10.8. The summed E-state index contributed by atoms with van der Waals surface area (Å²) in [4.78, 5) is 0. The minimum atomic E-state index is -4.08. The lowest BCUT2D eigenvalue weighted by Gasteiger charge is -2.13. The van der Waals surface area contributed by atoms with Gasteiger partial charge in [0.1, 0.15) is 18.8 Å². The molecule has 0 saturated carbocycles. The summed E-state index contributed by atoms with van der Waals surface area (Å²) < 4.78 is 49.2. The summed E-state index contributed by atoms with van der Waals surface area (Å²) in [6.07, 6.45) is -2.53. The molecule has 15 heavy (non-hydrogen) atoms. The number of aromatic nitrogens is 3. The first-order valence-corrected chi connectivity index (χ1v) is 3.80. The third kappa shape index (κ3) is 3.63. The predicted molar refractivity (Wildman–Crippen MR) is 37.6 cm³/mol. The average Bonchev–Trinajstić information content (AvgIpc) is 2.51. The van der Waals surface area contributed by atoms with Crippen molar-refractivity contribution < 1.29 is 35.7 Å². The van der Waals surface area contributed by atoms with Gasteiger partial charge in [0, 0.05) is 0 Å². The van der Waals surface area contributed by atoms with Gasteiger partial charge >= 0.3 is 12.3 Å². The molecule has 0 atom stereocenters. The van der Waals surface area contributed by atoms with Crippen LogP contribution in [0.15, 0.2) is 6.20 Å². The number of alkyl halides is 4. The molecule has 1 heterocycles. The fourth-order valence-corrected chi connectivity index (χ4v) is 0.815. The van der Waals surface area contributed by atoms with Crippen LogP contribution in [0.4, 0.5) is 17.6 Å². The first-order chi connectivity index (χ1) is 6.45. The molecule has 1 aromatic heterocycles. The van der Waals surface area contributed by atoms with Gasteiger partial charge in [-0.25, -0.2) is 13.5 Å². The van der Waals surface area contributed by atoms with Crippen LogP contribution < -0.4 is 18.1 Å². The highest BCUT2D eigenvalue weighted by molar-refractivity contribution is 4.89. The Morgan fingerprint density at radius 3 is 2.47 bits per heavy atom. The van der Waals surface area contributed by atoms with Crippen LogP contribution in [0.1, 0.15) is 5.69 Å². The first-order valence-electron chi connectivity index (χ1n) is 3.80. The number of nitrogens with zero attached hydrogens (tertiary/aromatic N) is 3. The molecule has 0 aliphatic heterocycles. The van der Waals surface area contributed by atoms with Gasteiger partial charge in [0.25, 0.3) is 0 Å². The van der Waals surface area contributed by atoms with E-state index < -0.39 is 18.9 Å². The number of halogens is 5. The Kier molecular flexibility index (Phi) is 4.95. The molecule has 0 bridgehead atoms. The van der Waals surface area contributed by atoms with Crippen molar-refractivity contribution in [3.8, 4) is 0 Å². The quantitative estimate of drug-likeness (QED) is 0.575. The van der Waals surface area contributed by atoms with Gasteiger partial charge in [-0.2, -0.15) is 8.78 Å². The van der Waals surface area contributed by atoms with E-state index in [9.17, 15) is 17.6 Å². The molecule has 9 heteroatoms. The van der Waals surface area contributed by atoms with E-state index in [2.05, 4.69) is 16.0 Å². The fraction of sp³-hybridized carbons (Fsp3) is 0.667. The molecule has 0 aromatic carbocycles. The van der Waals surface area contributed by atoms with Gasteiger partial charge in [-0.1, -0.05) is 5.21 Å². The molecule has 1 rings (SSSR count). The number of rotatable bonds is 4. The first kappa shape index (κ1) is 14.1. The summed E-state index contributed by atoms with van der Waals surface area (Å²) in [5.41, 5.74) is 3.83. The van der Waals surface area contributed by atoms with Crippen molar-refractivity contribution in [2.75, 3.05) is 0 Å². The molecule has 0 radical (unpaired) electrons. The molecule has 0 unspecified atom stereocenters. The maximum Gasteiger partial charge on any atom is 0.326 e. The van der Waals surface area contributed by atoms with Crippen LogP contribution in [0.5, 0.6) is 0 Å². The second kappa shape index (κ2) is 5.26. The zero-order valence-electron chi connectivity index (χ0n) is 7.51. The van der Waals surface area contributed by atoms with Gasteiger partial charge in [0.05, 0.1) is 6.20 Å². The van der Waals surface area contributed by atoms with Crippen molar-refractivity contribution >= 4 is 0 Å². The normalized spacial score (nSPS) is 11.6. The molecule has 0 fully saturated rings. The van der Waals surface area contributed by atoms with Gasteiger partial charge in [0.15, 0.2) is 0 Å². The SMILES string of the molecule is [Cl-].[NH3+]Cc1cn(CC(F)(F)C(F)F)nn1. The summed E-state index contributed by atoms with van der Waals surface area (Å²) in [7, 11) is 0. The summed E-state index contributed by atoms with van der Waals surface area (Å²) in [5.74, 6) is -4.08. The third-order valence-electron chi connectivity index (χ3n) is 1.53. The van der Waals surface area contributed by atoms with E-state index in [1.165, 1.54) is 6.20 Å². The summed E-state index contributed by atoms with van der Waals surface area (Å²) in [6.45, 7) is -0.891. The zero-order valence-corrected chi connectivity index (χ0v) is 8.26. The van der Waals surface area contributed by atoms with Gasteiger partial charge in [0.2, 0.25) is 0 Å². The van der Waals surface area contributed by atoms with Crippen LogP contribution >= 0.6 is 0 Å². The van der Waals surface area contributed by atoms with Gasteiger partial charge in [-0.15, -0.1) is 5.10 Å². The minimum Gasteiger partial charge on any atom is -1.00 e. The molecule has 4 nitrogen and oxygen atoms in total. The molecule has 0 saturated heterocycles. The van der Waals surface area contributed by atoms with Gasteiger partial charge in [-0.3, -0.25) is 0 Å². The summed E-state index contributed by atoms with van der Waals surface area (Å²) in [5, 5.41) is 6.72. The van der Waals surface area contributed by atoms with E-state index in [1.807, 2.05) is 0 Å². The third-order valence-corrected chi connectivity index (χ3v) is 1.53. The minimum absolute atomic E-state index is 0. The molecule has 0 amide bonds. The van der Waals surface area contributed by atoms with Crippen molar-refractivity contribution in [1.29, 1.82) is 0 Å². The highest BCUT2D eigenvalue weighted by Gasteiger charge is 2.41. The lowest BCUT2D eigenvalue weighted by atomic mass is 10.3. The Morgan fingerprint density at radius 2 is 2.07 bits per heavy atom. The maximum atomic E-state index is 12.5. The van der Waals surface area contributed by atoms with E-state index in [-0.39, 0.29) is 19.0 Å². The van der Waals surface area contributed by atoms with Crippen molar-refractivity contribution in [3.63, 3.8) is 0 Å². The van der Waals surface area contributed by atoms with E-state index >= 15 is 0 Å². The van der Waals surface area contributed by atoms with Crippen molar-refractivity contribution in [3.05, 3.63) is 11.9 Å². The van der Waals surface area contributed by atoms with E-state index in [0.717, 1.165) is 0 Å². The Hall–Kier alpha value is -0.890. The smallest absolute Gasteiger partial charge is 0.326 e. The molecular weight excluding hydrogens is 240 g/mol. The van der Waals surface area contributed by atoms with E-state index in [0.29, 0.717) is 10.4 Å².